The standard InChI is InChI=1S/C12H13N5/c1-8-16-11-3-2-9(4-12(11)17-8)14-6-10-5-13-7-15-10/h2-5,7,14H,6H2,1H3,(H,13,15)(H,16,17). The van der Waals surface area contributed by atoms with Crippen LogP contribution in [0, 0.1) is 6.92 Å². The Balaban J connectivity index is 1.81. The van der Waals surface area contributed by atoms with Crippen LogP contribution in [0.4, 0.5) is 5.69 Å². The van der Waals surface area contributed by atoms with Crippen molar-refractivity contribution in [2.75, 3.05) is 5.32 Å². The molecule has 86 valence electrons. The summed E-state index contributed by atoms with van der Waals surface area (Å²) in [6, 6.07) is 6.10. The van der Waals surface area contributed by atoms with Gasteiger partial charge in [0.25, 0.3) is 0 Å². The predicted octanol–water partition coefficient (Wildman–Crippen LogP) is 2.21. The van der Waals surface area contributed by atoms with E-state index in [1.807, 2.05) is 25.3 Å². The third kappa shape index (κ3) is 1.99. The fraction of sp³-hybridized carbons (Fsp3) is 0.167. The molecule has 2 aromatic heterocycles. The molecule has 0 saturated heterocycles. The number of nitrogens with zero attached hydrogens (tertiary/aromatic N) is 2. The Kier molecular flexibility index (Phi) is 2.29. The average Bonchev–Trinajstić information content (AvgIpc) is 2.92. The number of H-pyrrole nitrogens is 2. The number of nitrogens with one attached hydrogen (secondary N) is 3. The molecule has 3 N–H and O–H groups in total. The van der Waals surface area contributed by atoms with Crippen molar-refractivity contribution in [3.05, 3.63) is 42.2 Å². The molecule has 17 heavy (non-hydrogen) atoms. The third-order valence-electron chi connectivity index (χ3n) is 2.64. The summed E-state index contributed by atoms with van der Waals surface area (Å²) in [4.78, 5) is 14.6. The van der Waals surface area contributed by atoms with Gasteiger partial charge in [-0.05, 0) is 25.1 Å². The first-order chi connectivity index (χ1) is 8.31. The number of aromatic amines is 2. The van der Waals surface area contributed by atoms with E-state index in [1.54, 1.807) is 6.33 Å². The predicted molar refractivity (Wildman–Crippen MR) is 66.7 cm³/mol. The summed E-state index contributed by atoms with van der Waals surface area (Å²) in [5.74, 6) is 0.936. The van der Waals surface area contributed by atoms with Gasteiger partial charge in [-0.3, -0.25) is 0 Å². The first-order valence-electron chi connectivity index (χ1n) is 5.49. The van der Waals surface area contributed by atoms with Crippen molar-refractivity contribution in [2.24, 2.45) is 0 Å². The Labute approximate surface area is 98.3 Å². The second kappa shape index (κ2) is 3.93. The summed E-state index contributed by atoms with van der Waals surface area (Å²) in [5, 5.41) is 3.33. The first kappa shape index (κ1) is 9.89. The highest BCUT2D eigenvalue weighted by Crippen LogP contribution is 2.17. The van der Waals surface area contributed by atoms with Crippen molar-refractivity contribution < 1.29 is 0 Å². The van der Waals surface area contributed by atoms with Gasteiger partial charge in [-0.2, -0.15) is 0 Å². The molecule has 5 heteroatoms. The molecule has 0 spiro atoms. The van der Waals surface area contributed by atoms with E-state index in [2.05, 4.69) is 31.3 Å². The quantitative estimate of drug-likeness (QED) is 0.642. The molecular formula is C12H13N5. The monoisotopic (exact) mass is 227 g/mol. The topological polar surface area (TPSA) is 69.4 Å². The maximum absolute atomic E-state index is 4.36. The van der Waals surface area contributed by atoms with Gasteiger partial charge in [0.2, 0.25) is 0 Å². The lowest BCUT2D eigenvalue weighted by Gasteiger charge is -2.04. The van der Waals surface area contributed by atoms with E-state index in [-0.39, 0.29) is 0 Å². The number of imidazole rings is 2. The van der Waals surface area contributed by atoms with Crippen LogP contribution in [0.15, 0.2) is 30.7 Å². The average molecular weight is 227 g/mol. The minimum absolute atomic E-state index is 0.735. The Morgan fingerprint density at radius 3 is 3.12 bits per heavy atom. The number of hydrogen-bond donors (Lipinski definition) is 3. The highest BCUT2D eigenvalue weighted by molar-refractivity contribution is 5.79. The zero-order chi connectivity index (χ0) is 11.7. The third-order valence-corrected chi connectivity index (χ3v) is 2.64. The molecular weight excluding hydrogens is 214 g/mol. The van der Waals surface area contributed by atoms with Gasteiger partial charge < -0.3 is 15.3 Å². The fourth-order valence-corrected chi connectivity index (χ4v) is 1.83. The molecule has 0 atom stereocenters. The minimum atomic E-state index is 0.735. The van der Waals surface area contributed by atoms with Crippen LogP contribution in [0.25, 0.3) is 11.0 Å². The molecule has 1 aromatic carbocycles. The van der Waals surface area contributed by atoms with Gasteiger partial charge in [0.05, 0.1) is 29.6 Å². The molecule has 2 heterocycles. The summed E-state index contributed by atoms with van der Waals surface area (Å²) in [5.41, 5.74) is 4.17. The zero-order valence-corrected chi connectivity index (χ0v) is 9.49. The fourth-order valence-electron chi connectivity index (χ4n) is 1.83. The molecule has 0 radical (unpaired) electrons. The molecule has 5 nitrogen and oxygen atoms in total. The largest absolute Gasteiger partial charge is 0.379 e. The van der Waals surface area contributed by atoms with Crippen LogP contribution in [0.2, 0.25) is 0 Å². The van der Waals surface area contributed by atoms with Crippen LogP contribution in [-0.4, -0.2) is 19.9 Å². The highest BCUT2D eigenvalue weighted by atomic mass is 14.9. The van der Waals surface area contributed by atoms with Gasteiger partial charge >= 0.3 is 0 Å². The second-order valence-electron chi connectivity index (χ2n) is 3.98. The summed E-state index contributed by atoms with van der Waals surface area (Å²) in [7, 11) is 0. The van der Waals surface area contributed by atoms with Crippen molar-refractivity contribution in [3.63, 3.8) is 0 Å². The van der Waals surface area contributed by atoms with E-state index in [4.69, 9.17) is 0 Å². The van der Waals surface area contributed by atoms with Crippen LogP contribution >= 0.6 is 0 Å². The number of rotatable bonds is 3. The minimum Gasteiger partial charge on any atom is -0.379 e. The van der Waals surface area contributed by atoms with Gasteiger partial charge in [0.15, 0.2) is 0 Å². The van der Waals surface area contributed by atoms with Gasteiger partial charge in [-0.1, -0.05) is 0 Å². The van der Waals surface area contributed by atoms with E-state index >= 15 is 0 Å². The Hall–Kier alpha value is -2.30. The SMILES string of the molecule is Cc1nc2ccc(NCc3cnc[nH]3)cc2[nH]1. The maximum atomic E-state index is 4.36. The molecule has 0 aliphatic rings. The lowest BCUT2D eigenvalue weighted by Crippen LogP contribution is -1.99. The van der Waals surface area contributed by atoms with Crippen molar-refractivity contribution in [3.8, 4) is 0 Å². The normalized spacial score (nSPS) is 10.9. The molecule has 0 bridgehead atoms. The molecule has 0 saturated carbocycles. The van der Waals surface area contributed by atoms with E-state index in [9.17, 15) is 0 Å². The number of anilines is 1. The summed E-state index contributed by atoms with van der Waals surface area (Å²) in [6.45, 7) is 2.69. The molecule has 3 aromatic rings. The molecule has 0 amide bonds. The van der Waals surface area contributed by atoms with E-state index in [0.29, 0.717) is 0 Å². The maximum Gasteiger partial charge on any atom is 0.104 e. The zero-order valence-electron chi connectivity index (χ0n) is 9.49. The number of hydrogen-bond acceptors (Lipinski definition) is 3. The van der Waals surface area contributed by atoms with Crippen molar-refractivity contribution in [1.29, 1.82) is 0 Å². The van der Waals surface area contributed by atoms with Crippen molar-refractivity contribution in [1.82, 2.24) is 19.9 Å². The molecule has 3 rings (SSSR count). The Morgan fingerprint density at radius 1 is 1.35 bits per heavy atom. The van der Waals surface area contributed by atoms with Crippen LogP contribution in [0.3, 0.4) is 0 Å². The van der Waals surface area contributed by atoms with E-state index in [1.165, 1.54) is 0 Å². The molecule has 0 unspecified atom stereocenters. The smallest absolute Gasteiger partial charge is 0.104 e. The Bertz CT molecular complexity index is 623. The molecule has 0 aliphatic carbocycles. The second-order valence-corrected chi connectivity index (χ2v) is 3.98. The first-order valence-corrected chi connectivity index (χ1v) is 5.49. The number of aryl methyl sites for hydroxylation is 1. The van der Waals surface area contributed by atoms with E-state index in [0.717, 1.165) is 34.8 Å². The van der Waals surface area contributed by atoms with Gasteiger partial charge in [0, 0.05) is 11.9 Å². The lowest BCUT2D eigenvalue weighted by molar-refractivity contribution is 1.07. The van der Waals surface area contributed by atoms with Gasteiger partial charge in [0.1, 0.15) is 5.82 Å². The van der Waals surface area contributed by atoms with Crippen molar-refractivity contribution in [2.45, 2.75) is 13.5 Å². The van der Waals surface area contributed by atoms with Crippen LogP contribution < -0.4 is 5.32 Å². The van der Waals surface area contributed by atoms with Crippen LogP contribution in [0.5, 0.6) is 0 Å². The Morgan fingerprint density at radius 2 is 2.29 bits per heavy atom. The van der Waals surface area contributed by atoms with Crippen molar-refractivity contribution >= 4 is 16.7 Å². The van der Waals surface area contributed by atoms with Gasteiger partial charge in [-0.15, -0.1) is 0 Å². The number of aromatic nitrogens is 4. The van der Waals surface area contributed by atoms with Crippen LogP contribution in [0.1, 0.15) is 11.5 Å². The summed E-state index contributed by atoms with van der Waals surface area (Å²) < 4.78 is 0. The highest BCUT2D eigenvalue weighted by Gasteiger charge is 2.00. The molecule has 0 aliphatic heterocycles. The number of benzene rings is 1. The number of fused-ring (bicyclic) bond motifs is 1. The lowest BCUT2D eigenvalue weighted by atomic mass is 10.2. The summed E-state index contributed by atoms with van der Waals surface area (Å²) >= 11 is 0. The van der Waals surface area contributed by atoms with E-state index < -0.39 is 0 Å². The van der Waals surface area contributed by atoms with Crippen LogP contribution in [-0.2, 0) is 6.54 Å². The van der Waals surface area contributed by atoms with Gasteiger partial charge in [-0.25, -0.2) is 9.97 Å². The summed E-state index contributed by atoms with van der Waals surface area (Å²) in [6.07, 6.45) is 3.49. The molecule has 0 fully saturated rings.